The van der Waals surface area contributed by atoms with Crippen LogP contribution in [0.25, 0.3) is 0 Å². The van der Waals surface area contributed by atoms with Crippen LogP contribution in [0.4, 0.5) is 11.5 Å². The van der Waals surface area contributed by atoms with Crippen LogP contribution in [-0.2, 0) is 4.74 Å². The average Bonchev–Trinajstić information content (AvgIpc) is 2.94. The molecular weight excluding hydrogens is 276 g/mol. The fourth-order valence-corrected chi connectivity index (χ4v) is 2.47. The minimum atomic E-state index is -0.570. The number of amides is 1. The zero-order valence-electron chi connectivity index (χ0n) is 12.0. The Morgan fingerprint density at radius 3 is 2.86 bits per heavy atom. The standard InChI is InChI=1S/C13H18N4O4/c1-14-12-11(6-9(7-15-12)17(19)20)13(18)16-8-3-4-10(5-8)21-2/h6-8,10H,3-5H2,1-2H3,(H,14,15)(H,16,18). The molecule has 2 N–H and O–H groups in total. The lowest BCUT2D eigenvalue weighted by atomic mass is 10.2. The quantitative estimate of drug-likeness (QED) is 0.626. The number of methoxy groups -OCH3 is 1. The fourth-order valence-electron chi connectivity index (χ4n) is 2.47. The molecule has 0 aliphatic heterocycles. The van der Waals surface area contributed by atoms with Crippen LogP contribution < -0.4 is 10.6 Å². The Bertz CT molecular complexity index is 549. The SMILES string of the molecule is CNc1ncc([N+](=O)[O-])cc1C(=O)NC1CCC(OC)C1. The van der Waals surface area contributed by atoms with Crippen LogP contribution in [-0.4, -0.2) is 42.1 Å². The third-order valence-electron chi connectivity index (χ3n) is 3.62. The first-order chi connectivity index (χ1) is 10.0. The molecule has 1 aromatic rings. The molecule has 8 heteroatoms. The maximum atomic E-state index is 12.3. The smallest absolute Gasteiger partial charge is 0.288 e. The number of hydrogen-bond acceptors (Lipinski definition) is 6. The van der Waals surface area contributed by atoms with Crippen molar-refractivity contribution >= 4 is 17.4 Å². The predicted octanol–water partition coefficient (Wildman–Crippen LogP) is 1.33. The molecule has 1 amide bonds. The number of anilines is 1. The molecule has 114 valence electrons. The van der Waals surface area contributed by atoms with E-state index in [1.165, 1.54) is 6.07 Å². The Morgan fingerprint density at radius 2 is 2.29 bits per heavy atom. The van der Waals surface area contributed by atoms with E-state index in [9.17, 15) is 14.9 Å². The molecule has 0 bridgehead atoms. The van der Waals surface area contributed by atoms with Crippen LogP contribution in [0.5, 0.6) is 0 Å². The molecule has 1 aliphatic carbocycles. The summed E-state index contributed by atoms with van der Waals surface area (Å²) >= 11 is 0. The second-order valence-electron chi connectivity index (χ2n) is 4.94. The predicted molar refractivity (Wildman–Crippen MR) is 76.3 cm³/mol. The van der Waals surface area contributed by atoms with E-state index in [1.807, 2.05) is 0 Å². The van der Waals surface area contributed by atoms with Gasteiger partial charge in [-0.3, -0.25) is 14.9 Å². The molecule has 2 atom stereocenters. The number of hydrogen-bond donors (Lipinski definition) is 2. The van der Waals surface area contributed by atoms with Gasteiger partial charge in [0.2, 0.25) is 0 Å². The van der Waals surface area contributed by atoms with Gasteiger partial charge in [-0.25, -0.2) is 4.98 Å². The highest BCUT2D eigenvalue weighted by atomic mass is 16.6. The molecule has 0 saturated heterocycles. The van der Waals surface area contributed by atoms with Gasteiger partial charge in [-0.1, -0.05) is 0 Å². The first-order valence-corrected chi connectivity index (χ1v) is 6.71. The molecule has 1 fully saturated rings. The summed E-state index contributed by atoms with van der Waals surface area (Å²) in [5, 5.41) is 16.4. The maximum absolute atomic E-state index is 12.3. The monoisotopic (exact) mass is 294 g/mol. The minimum Gasteiger partial charge on any atom is -0.381 e. The third-order valence-corrected chi connectivity index (χ3v) is 3.62. The summed E-state index contributed by atoms with van der Waals surface area (Å²) < 4.78 is 5.26. The van der Waals surface area contributed by atoms with Gasteiger partial charge < -0.3 is 15.4 Å². The van der Waals surface area contributed by atoms with Crippen molar-refractivity contribution in [1.29, 1.82) is 0 Å². The lowest BCUT2D eigenvalue weighted by molar-refractivity contribution is -0.385. The molecule has 0 radical (unpaired) electrons. The van der Waals surface area contributed by atoms with E-state index in [2.05, 4.69) is 15.6 Å². The minimum absolute atomic E-state index is 0.0198. The molecule has 0 spiro atoms. The largest absolute Gasteiger partial charge is 0.381 e. The van der Waals surface area contributed by atoms with Gasteiger partial charge in [-0.2, -0.15) is 0 Å². The van der Waals surface area contributed by atoms with Crippen molar-refractivity contribution in [2.45, 2.75) is 31.4 Å². The van der Waals surface area contributed by atoms with E-state index in [0.717, 1.165) is 25.5 Å². The number of pyridine rings is 1. The van der Waals surface area contributed by atoms with E-state index in [1.54, 1.807) is 14.2 Å². The Labute approximate surface area is 122 Å². The molecule has 21 heavy (non-hydrogen) atoms. The van der Waals surface area contributed by atoms with Gasteiger partial charge in [0, 0.05) is 26.3 Å². The van der Waals surface area contributed by atoms with Crippen molar-refractivity contribution in [3.05, 3.63) is 27.9 Å². The van der Waals surface area contributed by atoms with Crippen LogP contribution in [0.15, 0.2) is 12.3 Å². The van der Waals surface area contributed by atoms with Gasteiger partial charge >= 0.3 is 0 Å². The van der Waals surface area contributed by atoms with Gasteiger partial charge in [-0.05, 0) is 19.3 Å². The molecule has 1 saturated carbocycles. The first kappa shape index (κ1) is 15.2. The number of nitrogens with one attached hydrogen (secondary N) is 2. The number of nitro groups is 1. The van der Waals surface area contributed by atoms with Gasteiger partial charge in [-0.15, -0.1) is 0 Å². The zero-order valence-corrected chi connectivity index (χ0v) is 12.0. The van der Waals surface area contributed by atoms with Gasteiger partial charge in [0.25, 0.3) is 11.6 Å². The van der Waals surface area contributed by atoms with E-state index in [-0.39, 0.29) is 29.3 Å². The van der Waals surface area contributed by atoms with Gasteiger partial charge in [0.15, 0.2) is 0 Å². The van der Waals surface area contributed by atoms with Crippen molar-refractivity contribution in [2.24, 2.45) is 0 Å². The fraction of sp³-hybridized carbons (Fsp3) is 0.538. The van der Waals surface area contributed by atoms with Crippen molar-refractivity contribution in [3.63, 3.8) is 0 Å². The van der Waals surface area contributed by atoms with Gasteiger partial charge in [0.1, 0.15) is 12.0 Å². The summed E-state index contributed by atoms with van der Waals surface area (Å²) in [6.45, 7) is 0. The van der Waals surface area contributed by atoms with Crippen LogP contribution in [0, 0.1) is 10.1 Å². The summed E-state index contributed by atoms with van der Waals surface area (Å²) in [5.41, 5.74) is -0.0343. The van der Waals surface area contributed by atoms with Crippen molar-refractivity contribution in [1.82, 2.24) is 10.3 Å². The van der Waals surface area contributed by atoms with E-state index >= 15 is 0 Å². The Hall–Kier alpha value is -2.22. The molecular formula is C13H18N4O4. The van der Waals surface area contributed by atoms with Crippen molar-refractivity contribution in [2.75, 3.05) is 19.5 Å². The number of ether oxygens (including phenoxy) is 1. The highest BCUT2D eigenvalue weighted by molar-refractivity contribution is 5.99. The molecule has 1 heterocycles. The third kappa shape index (κ3) is 3.46. The molecule has 2 rings (SSSR count). The van der Waals surface area contributed by atoms with Crippen LogP contribution in [0.3, 0.4) is 0 Å². The summed E-state index contributed by atoms with van der Waals surface area (Å²) in [6.07, 6.45) is 3.76. The Kier molecular flexibility index (Phi) is 4.69. The highest BCUT2D eigenvalue weighted by Crippen LogP contribution is 2.23. The lowest BCUT2D eigenvalue weighted by Gasteiger charge is -2.14. The Balaban J connectivity index is 2.14. The van der Waals surface area contributed by atoms with Crippen molar-refractivity contribution < 1.29 is 14.5 Å². The lowest BCUT2D eigenvalue weighted by Crippen LogP contribution is -2.34. The van der Waals surface area contributed by atoms with E-state index in [0.29, 0.717) is 5.82 Å². The number of carbonyl (C=O) groups excluding carboxylic acids is 1. The molecule has 2 unspecified atom stereocenters. The Morgan fingerprint density at radius 1 is 1.52 bits per heavy atom. The molecule has 8 nitrogen and oxygen atoms in total. The van der Waals surface area contributed by atoms with Crippen LogP contribution in [0.1, 0.15) is 29.6 Å². The summed E-state index contributed by atoms with van der Waals surface area (Å²) in [6, 6.07) is 1.25. The second-order valence-corrected chi connectivity index (χ2v) is 4.94. The number of aromatic nitrogens is 1. The molecule has 0 aromatic carbocycles. The normalized spacial score (nSPS) is 21.0. The van der Waals surface area contributed by atoms with E-state index < -0.39 is 4.92 Å². The second kappa shape index (κ2) is 6.49. The number of nitrogens with zero attached hydrogens (tertiary/aromatic N) is 2. The van der Waals surface area contributed by atoms with Gasteiger partial charge in [0.05, 0.1) is 16.6 Å². The summed E-state index contributed by atoms with van der Waals surface area (Å²) in [4.78, 5) is 26.4. The zero-order chi connectivity index (χ0) is 15.4. The molecule has 1 aliphatic rings. The van der Waals surface area contributed by atoms with Crippen LogP contribution >= 0.6 is 0 Å². The topological polar surface area (TPSA) is 106 Å². The van der Waals surface area contributed by atoms with Crippen LogP contribution in [0.2, 0.25) is 0 Å². The summed E-state index contributed by atoms with van der Waals surface area (Å²) in [7, 11) is 3.26. The van der Waals surface area contributed by atoms with Crippen molar-refractivity contribution in [3.8, 4) is 0 Å². The number of carbonyl (C=O) groups is 1. The number of rotatable bonds is 5. The summed E-state index contributed by atoms with van der Waals surface area (Å²) in [5.74, 6) is -0.0447. The molecule has 1 aromatic heterocycles. The highest BCUT2D eigenvalue weighted by Gasteiger charge is 2.27. The first-order valence-electron chi connectivity index (χ1n) is 6.71. The maximum Gasteiger partial charge on any atom is 0.288 e. The average molecular weight is 294 g/mol. The van der Waals surface area contributed by atoms with E-state index in [4.69, 9.17) is 4.74 Å².